The zero-order valence-electron chi connectivity index (χ0n) is 12.4. The first kappa shape index (κ1) is 14.4. The Morgan fingerprint density at radius 2 is 1.90 bits per heavy atom. The van der Waals surface area contributed by atoms with Crippen LogP contribution < -0.4 is 10.2 Å². The second-order valence-corrected chi connectivity index (χ2v) is 5.88. The number of anilines is 1. The molecule has 0 aromatic heterocycles. The molecule has 0 unspecified atom stereocenters. The monoisotopic (exact) mass is 300 g/mol. The van der Waals surface area contributed by atoms with Gasteiger partial charge in [-0.25, -0.2) is 0 Å². The number of rotatable bonds is 4. The maximum absolute atomic E-state index is 6.50. The Bertz CT molecular complexity index is 624. The fourth-order valence-electron chi connectivity index (χ4n) is 3.00. The lowest BCUT2D eigenvalue weighted by molar-refractivity contribution is 0.700. The molecule has 1 heterocycles. The van der Waals surface area contributed by atoms with Gasteiger partial charge in [-0.05, 0) is 35.7 Å². The summed E-state index contributed by atoms with van der Waals surface area (Å²) in [6.07, 6.45) is 1.09. The molecule has 21 heavy (non-hydrogen) atoms. The van der Waals surface area contributed by atoms with Crippen LogP contribution in [0.3, 0.4) is 0 Å². The van der Waals surface area contributed by atoms with Gasteiger partial charge in [0.1, 0.15) is 0 Å². The first-order chi connectivity index (χ1) is 10.3. The van der Waals surface area contributed by atoms with Crippen molar-refractivity contribution in [1.82, 2.24) is 5.32 Å². The van der Waals surface area contributed by atoms with Gasteiger partial charge < -0.3 is 10.2 Å². The quantitative estimate of drug-likeness (QED) is 0.918. The molecule has 0 bridgehead atoms. The van der Waals surface area contributed by atoms with Gasteiger partial charge in [-0.15, -0.1) is 0 Å². The van der Waals surface area contributed by atoms with Crippen LogP contribution in [0.15, 0.2) is 42.5 Å². The summed E-state index contributed by atoms with van der Waals surface area (Å²) in [4.78, 5) is 2.41. The maximum atomic E-state index is 6.50. The van der Waals surface area contributed by atoms with Gasteiger partial charge in [0, 0.05) is 19.6 Å². The summed E-state index contributed by atoms with van der Waals surface area (Å²) in [5, 5.41) is 4.26. The molecule has 1 N–H and O–H groups in total. The van der Waals surface area contributed by atoms with E-state index in [4.69, 9.17) is 11.6 Å². The van der Waals surface area contributed by atoms with Crippen molar-refractivity contribution in [3.05, 3.63) is 64.2 Å². The second kappa shape index (κ2) is 6.50. The fraction of sp³-hybridized carbons (Fsp3) is 0.333. The van der Waals surface area contributed by atoms with Crippen molar-refractivity contribution in [1.29, 1.82) is 0 Å². The van der Waals surface area contributed by atoms with E-state index in [-0.39, 0.29) is 0 Å². The van der Waals surface area contributed by atoms with E-state index in [0.29, 0.717) is 0 Å². The molecule has 0 saturated heterocycles. The van der Waals surface area contributed by atoms with Crippen LogP contribution in [0.2, 0.25) is 5.02 Å². The van der Waals surface area contributed by atoms with Crippen LogP contribution in [-0.2, 0) is 19.5 Å². The van der Waals surface area contributed by atoms with Gasteiger partial charge in [0.05, 0.1) is 10.7 Å². The molecule has 1 aliphatic heterocycles. The second-order valence-electron chi connectivity index (χ2n) is 5.47. The van der Waals surface area contributed by atoms with Crippen molar-refractivity contribution in [2.24, 2.45) is 0 Å². The zero-order valence-corrected chi connectivity index (χ0v) is 13.2. The molecule has 0 radical (unpaired) electrons. The van der Waals surface area contributed by atoms with Crippen LogP contribution >= 0.6 is 11.6 Å². The lowest BCUT2D eigenvalue weighted by Crippen LogP contribution is -2.31. The van der Waals surface area contributed by atoms with E-state index in [0.717, 1.165) is 37.6 Å². The van der Waals surface area contributed by atoms with E-state index in [1.807, 2.05) is 12.1 Å². The standard InChI is InChI=1S/C18H21ClN2/c1-2-20-12-15-8-5-9-17(19)18(15)21-11-10-14-6-3-4-7-16(14)13-21/h3-9,20H,2,10-13H2,1H3. The van der Waals surface area contributed by atoms with Gasteiger partial charge in [0.15, 0.2) is 0 Å². The fourth-order valence-corrected chi connectivity index (χ4v) is 3.32. The molecule has 0 fully saturated rings. The summed E-state index contributed by atoms with van der Waals surface area (Å²) in [7, 11) is 0. The van der Waals surface area contributed by atoms with E-state index >= 15 is 0 Å². The lowest BCUT2D eigenvalue weighted by atomic mass is 9.98. The molecular formula is C18H21ClN2. The first-order valence-corrected chi connectivity index (χ1v) is 7.97. The van der Waals surface area contributed by atoms with Crippen LogP contribution in [0.4, 0.5) is 5.69 Å². The normalized spacial score (nSPS) is 14.1. The van der Waals surface area contributed by atoms with Crippen LogP contribution in [-0.4, -0.2) is 13.1 Å². The topological polar surface area (TPSA) is 15.3 Å². The molecule has 1 aliphatic rings. The van der Waals surface area contributed by atoms with Crippen molar-refractivity contribution >= 4 is 17.3 Å². The Morgan fingerprint density at radius 1 is 1.10 bits per heavy atom. The molecule has 3 heteroatoms. The Balaban J connectivity index is 1.91. The van der Waals surface area contributed by atoms with E-state index in [1.165, 1.54) is 22.4 Å². The summed E-state index contributed by atoms with van der Waals surface area (Å²) in [6, 6.07) is 14.9. The van der Waals surface area contributed by atoms with Crippen LogP contribution in [0, 0.1) is 0 Å². The molecular weight excluding hydrogens is 280 g/mol. The lowest BCUT2D eigenvalue weighted by Gasteiger charge is -2.33. The number of nitrogens with one attached hydrogen (secondary N) is 1. The van der Waals surface area contributed by atoms with E-state index in [9.17, 15) is 0 Å². The number of para-hydroxylation sites is 1. The highest BCUT2D eigenvalue weighted by atomic mass is 35.5. The van der Waals surface area contributed by atoms with Gasteiger partial charge in [-0.2, -0.15) is 0 Å². The van der Waals surface area contributed by atoms with Crippen molar-refractivity contribution in [3.8, 4) is 0 Å². The molecule has 0 spiro atoms. The average Bonchev–Trinajstić information content (AvgIpc) is 2.52. The number of hydrogen-bond donors (Lipinski definition) is 1. The van der Waals surface area contributed by atoms with E-state index in [1.54, 1.807) is 0 Å². The Morgan fingerprint density at radius 3 is 2.71 bits per heavy atom. The molecule has 0 amide bonds. The number of fused-ring (bicyclic) bond motifs is 1. The van der Waals surface area contributed by atoms with Gasteiger partial charge in [0.25, 0.3) is 0 Å². The predicted octanol–water partition coefficient (Wildman–Crippen LogP) is 4.01. The third kappa shape index (κ3) is 3.07. The van der Waals surface area contributed by atoms with Crippen LogP contribution in [0.25, 0.3) is 0 Å². The van der Waals surface area contributed by atoms with Crippen molar-refractivity contribution in [3.63, 3.8) is 0 Å². The molecule has 3 rings (SSSR count). The van der Waals surface area contributed by atoms with Crippen LogP contribution in [0.5, 0.6) is 0 Å². The Kier molecular flexibility index (Phi) is 4.47. The van der Waals surface area contributed by atoms with Gasteiger partial charge in [-0.1, -0.05) is 54.9 Å². The minimum Gasteiger partial charge on any atom is -0.365 e. The molecule has 2 aromatic carbocycles. The summed E-state index contributed by atoms with van der Waals surface area (Å²) >= 11 is 6.50. The maximum Gasteiger partial charge on any atom is 0.0643 e. The highest BCUT2D eigenvalue weighted by molar-refractivity contribution is 6.33. The van der Waals surface area contributed by atoms with Crippen molar-refractivity contribution < 1.29 is 0 Å². The smallest absolute Gasteiger partial charge is 0.0643 e. The van der Waals surface area contributed by atoms with Crippen molar-refractivity contribution in [2.45, 2.75) is 26.4 Å². The van der Waals surface area contributed by atoms with Gasteiger partial charge >= 0.3 is 0 Å². The molecule has 110 valence electrons. The largest absolute Gasteiger partial charge is 0.365 e. The van der Waals surface area contributed by atoms with Crippen molar-refractivity contribution in [2.75, 3.05) is 18.0 Å². The summed E-state index contributed by atoms with van der Waals surface area (Å²) in [5.74, 6) is 0. The zero-order chi connectivity index (χ0) is 14.7. The first-order valence-electron chi connectivity index (χ1n) is 7.59. The highest BCUT2D eigenvalue weighted by Crippen LogP contribution is 2.33. The molecule has 0 aliphatic carbocycles. The van der Waals surface area contributed by atoms with Crippen LogP contribution in [0.1, 0.15) is 23.6 Å². The molecule has 0 atom stereocenters. The minimum atomic E-state index is 0.852. The number of hydrogen-bond acceptors (Lipinski definition) is 2. The Hall–Kier alpha value is -1.51. The number of halogens is 1. The number of nitrogens with zero attached hydrogens (tertiary/aromatic N) is 1. The van der Waals surface area contributed by atoms with Gasteiger partial charge in [-0.3, -0.25) is 0 Å². The third-order valence-electron chi connectivity index (χ3n) is 4.08. The Labute approximate surface area is 131 Å². The summed E-state index contributed by atoms with van der Waals surface area (Å²) < 4.78 is 0. The molecule has 0 saturated carbocycles. The molecule has 2 nitrogen and oxygen atoms in total. The number of benzene rings is 2. The third-order valence-corrected chi connectivity index (χ3v) is 4.39. The molecule has 2 aromatic rings. The minimum absolute atomic E-state index is 0.852. The van der Waals surface area contributed by atoms with E-state index < -0.39 is 0 Å². The highest BCUT2D eigenvalue weighted by Gasteiger charge is 2.20. The average molecular weight is 301 g/mol. The predicted molar refractivity (Wildman–Crippen MR) is 90.0 cm³/mol. The van der Waals surface area contributed by atoms with E-state index in [2.05, 4.69) is 47.5 Å². The summed E-state index contributed by atoms with van der Waals surface area (Å²) in [5.41, 5.74) is 5.35. The van der Waals surface area contributed by atoms with Gasteiger partial charge in [0.2, 0.25) is 0 Å². The SMILES string of the molecule is CCNCc1cccc(Cl)c1N1CCc2ccccc2C1. The summed E-state index contributed by atoms with van der Waals surface area (Å²) in [6.45, 7) is 5.93.